The summed E-state index contributed by atoms with van der Waals surface area (Å²) in [4.78, 5) is 30.0. The molecule has 0 fully saturated rings. The van der Waals surface area contributed by atoms with Gasteiger partial charge in [-0.15, -0.1) is 0 Å². The molecule has 132 valence electrons. The molecule has 0 aliphatic heterocycles. The number of aromatic nitrogens is 2. The van der Waals surface area contributed by atoms with Gasteiger partial charge in [-0.05, 0) is 30.3 Å². The van der Waals surface area contributed by atoms with Gasteiger partial charge in [0.05, 0.1) is 11.4 Å². The van der Waals surface area contributed by atoms with Crippen LogP contribution in [-0.2, 0) is 4.79 Å². The van der Waals surface area contributed by atoms with Crippen molar-refractivity contribution in [2.75, 3.05) is 11.1 Å². The lowest BCUT2D eigenvalue weighted by atomic mass is 10.3. The average Bonchev–Trinajstić information content (AvgIpc) is 2.63. The summed E-state index contributed by atoms with van der Waals surface area (Å²) in [6, 6.07) is 15.5. The zero-order chi connectivity index (χ0) is 18.4. The molecule has 0 saturated carbocycles. The van der Waals surface area contributed by atoms with Crippen LogP contribution in [0.4, 0.5) is 5.69 Å². The number of carbonyl (C=O) groups is 1. The second kappa shape index (κ2) is 8.55. The minimum absolute atomic E-state index is 0.0737. The molecule has 6 nitrogen and oxygen atoms in total. The van der Waals surface area contributed by atoms with Gasteiger partial charge in [0.1, 0.15) is 5.75 Å². The highest BCUT2D eigenvalue weighted by molar-refractivity contribution is 7.99. The number of ether oxygens (including phenoxy) is 1. The fourth-order valence-electron chi connectivity index (χ4n) is 2.05. The average molecular weight is 388 g/mol. The van der Waals surface area contributed by atoms with E-state index >= 15 is 0 Å². The smallest absolute Gasteiger partial charge is 0.251 e. The number of aromatic amines is 1. The Balaban J connectivity index is 1.69. The van der Waals surface area contributed by atoms with Gasteiger partial charge >= 0.3 is 0 Å². The quantitative estimate of drug-likeness (QED) is 0.494. The van der Waals surface area contributed by atoms with Gasteiger partial charge < -0.3 is 15.0 Å². The van der Waals surface area contributed by atoms with Crippen LogP contribution >= 0.6 is 23.4 Å². The van der Waals surface area contributed by atoms with E-state index in [1.165, 1.54) is 12.3 Å². The third-order valence-electron chi connectivity index (χ3n) is 3.17. The van der Waals surface area contributed by atoms with Gasteiger partial charge in [-0.2, -0.15) is 0 Å². The summed E-state index contributed by atoms with van der Waals surface area (Å²) in [5.74, 6) is 0.919. The van der Waals surface area contributed by atoms with Gasteiger partial charge in [-0.1, -0.05) is 41.6 Å². The Labute approximate surface area is 158 Å². The Morgan fingerprint density at radius 3 is 2.77 bits per heavy atom. The highest BCUT2D eigenvalue weighted by Crippen LogP contribution is 2.32. The first kappa shape index (κ1) is 18.0. The predicted molar refractivity (Wildman–Crippen MR) is 102 cm³/mol. The molecule has 1 amide bonds. The van der Waals surface area contributed by atoms with Crippen molar-refractivity contribution in [2.24, 2.45) is 0 Å². The molecule has 26 heavy (non-hydrogen) atoms. The Kier molecular flexibility index (Phi) is 5.93. The number of nitrogens with one attached hydrogen (secondary N) is 2. The summed E-state index contributed by atoms with van der Waals surface area (Å²) in [5, 5.41) is 3.62. The normalized spacial score (nSPS) is 10.3. The number of H-pyrrole nitrogens is 1. The van der Waals surface area contributed by atoms with Crippen molar-refractivity contribution in [3.8, 4) is 11.5 Å². The number of amides is 1. The van der Waals surface area contributed by atoms with Crippen molar-refractivity contribution >= 4 is 35.0 Å². The second-order valence-electron chi connectivity index (χ2n) is 5.13. The van der Waals surface area contributed by atoms with Crippen LogP contribution in [0.15, 0.2) is 70.7 Å². The van der Waals surface area contributed by atoms with Gasteiger partial charge in [-0.3, -0.25) is 9.59 Å². The van der Waals surface area contributed by atoms with E-state index in [9.17, 15) is 9.59 Å². The molecule has 3 rings (SSSR count). The van der Waals surface area contributed by atoms with E-state index in [2.05, 4.69) is 15.3 Å². The van der Waals surface area contributed by atoms with Crippen molar-refractivity contribution in [3.63, 3.8) is 0 Å². The summed E-state index contributed by atoms with van der Waals surface area (Å²) in [6.07, 6.45) is 1.39. The van der Waals surface area contributed by atoms with Gasteiger partial charge in [-0.25, -0.2) is 4.98 Å². The first-order chi connectivity index (χ1) is 12.6. The van der Waals surface area contributed by atoms with Gasteiger partial charge in [0.15, 0.2) is 10.9 Å². The van der Waals surface area contributed by atoms with Crippen LogP contribution in [0.5, 0.6) is 11.5 Å². The van der Waals surface area contributed by atoms with Gasteiger partial charge in [0.25, 0.3) is 5.56 Å². The maximum atomic E-state index is 12.2. The van der Waals surface area contributed by atoms with E-state index in [1.807, 2.05) is 30.3 Å². The van der Waals surface area contributed by atoms with Crippen molar-refractivity contribution in [1.29, 1.82) is 0 Å². The van der Waals surface area contributed by atoms with Crippen LogP contribution in [0.2, 0.25) is 5.02 Å². The topological polar surface area (TPSA) is 84.1 Å². The van der Waals surface area contributed by atoms with Gasteiger partial charge in [0, 0.05) is 17.3 Å². The molecule has 0 radical (unpaired) electrons. The Bertz CT molecular complexity index is 963. The first-order valence-electron chi connectivity index (χ1n) is 7.60. The number of anilines is 1. The predicted octanol–water partition coefficient (Wildman–Crippen LogP) is 3.95. The Morgan fingerprint density at radius 2 is 2.00 bits per heavy atom. The number of thioether (sulfide) groups is 1. The molecular formula is C18H14ClN3O3S. The fraction of sp³-hybridized carbons (Fsp3) is 0.0556. The highest BCUT2D eigenvalue weighted by atomic mass is 35.5. The Morgan fingerprint density at radius 1 is 1.19 bits per heavy atom. The van der Waals surface area contributed by atoms with Crippen LogP contribution in [0.1, 0.15) is 0 Å². The molecule has 2 N–H and O–H groups in total. The third kappa shape index (κ3) is 5.11. The summed E-state index contributed by atoms with van der Waals surface area (Å²) in [7, 11) is 0. The molecule has 0 spiro atoms. The monoisotopic (exact) mass is 387 g/mol. The summed E-state index contributed by atoms with van der Waals surface area (Å²) >= 11 is 7.16. The molecular weight excluding hydrogens is 374 g/mol. The van der Waals surface area contributed by atoms with E-state index in [0.717, 1.165) is 11.8 Å². The second-order valence-corrected chi connectivity index (χ2v) is 6.53. The number of benzene rings is 2. The van der Waals surface area contributed by atoms with Crippen LogP contribution in [0.3, 0.4) is 0 Å². The third-order valence-corrected chi connectivity index (χ3v) is 4.30. The number of carbonyl (C=O) groups excluding carboxylic acids is 1. The maximum absolute atomic E-state index is 12.2. The minimum atomic E-state index is -0.276. The van der Waals surface area contributed by atoms with Crippen molar-refractivity contribution < 1.29 is 9.53 Å². The van der Waals surface area contributed by atoms with Crippen LogP contribution < -0.4 is 15.6 Å². The number of halogens is 1. The van der Waals surface area contributed by atoms with Crippen molar-refractivity contribution in [2.45, 2.75) is 5.16 Å². The summed E-state index contributed by atoms with van der Waals surface area (Å²) in [6.45, 7) is 0. The standard InChI is InChI=1S/C18H14ClN3O3S/c19-12-6-7-15(25-13-4-2-1-3-5-13)14(10-12)21-17(24)11-26-18-20-9-8-16(23)22-18/h1-10H,11H2,(H,21,24)(H,20,22,23). The first-order valence-corrected chi connectivity index (χ1v) is 8.97. The van der Waals surface area contributed by atoms with E-state index in [0.29, 0.717) is 27.4 Å². The fourth-order valence-corrected chi connectivity index (χ4v) is 2.87. The lowest BCUT2D eigenvalue weighted by Gasteiger charge is -2.12. The minimum Gasteiger partial charge on any atom is -0.455 e. The molecule has 0 unspecified atom stereocenters. The molecule has 2 aromatic carbocycles. The molecule has 1 heterocycles. The highest BCUT2D eigenvalue weighted by Gasteiger charge is 2.11. The molecule has 3 aromatic rings. The largest absolute Gasteiger partial charge is 0.455 e. The lowest BCUT2D eigenvalue weighted by Crippen LogP contribution is -2.15. The molecule has 0 saturated heterocycles. The molecule has 0 aliphatic carbocycles. The number of hydrogen-bond acceptors (Lipinski definition) is 5. The van der Waals surface area contributed by atoms with Gasteiger partial charge in [0.2, 0.25) is 5.91 Å². The Hall–Kier alpha value is -2.77. The van der Waals surface area contributed by atoms with Crippen molar-refractivity contribution in [1.82, 2.24) is 9.97 Å². The van der Waals surface area contributed by atoms with Crippen LogP contribution in [-0.4, -0.2) is 21.6 Å². The maximum Gasteiger partial charge on any atom is 0.251 e. The number of hydrogen-bond donors (Lipinski definition) is 2. The zero-order valence-corrected chi connectivity index (χ0v) is 15.0. The molecule has 0 atom stereocenters. The number of rotatable bonds is 6. The zero-order valence-electron chi connectivity index (χ0n) is 13.4. The summed E-state index contributed by atoms with van der Waals surface area (Å²) < 4.78 is 5.80. The molecule has 0 aliphatic rings. The molecule has 0 bridgehead atoms. The molecule has 1 aromatic heterocycles. The van der Waals surface area contributed by atoms with E-state index < -0.39 is 0 Å². The van der Waals surface area contributed by atoms with Crippen molar-refractivity contribution in [3.05, 3.63) is 76.2 Å². The SMILES string of the molecule is O=C(CSc1nccc(=O)[nH]1)Nc1cc(Cl)ccc1Oc1ccccc1. The van der Waals surface area contributed by atoms with E-state index in [4.69, 9.17) is 16.3 Å². The lowest BCUT2D eigenvalue weighted by molar-refractivity contribution is -0.113. The van der Waals surface area contributed by atoms with E-state index in [-0.39, 0.29) is 17.2 Å². The van der Waals surface area contributed by atoms with E-state index in [1.54, 1.807) is 18.2 Å². The summed E-state index contributed by atoms with van der Waals surface area (Å²) in [5.41, 5.74) is 0.192. The van der Waals surface area contributed by atoms with Crippen LogP contribution in [0.25, 0.3) is 0 Å². The number of para-hydroxylation sites is 1. The van der Waals surface area contributed by atoms with Crippen LogP contribution in [0, 0.1) is 0 Å². The number of nitrogens with zero attached hydrogens (tertiary/aromatic N) is 1. The molecule has 8 heteroatoms.